The zero-order valence-corrected chi connectivity index (χ0v) is 19.2. The fourth-order valence-electron chi connectivity index (χ4n) is 4.21. The second-order valence-electron chi connectivity index (χ2n) is 8.76. The Labute approximate surface area is 191 Å². The molecule has 1 atom stereocenters. The normalized spacial score (nSPS) is 19.0. The molecule has 1 aromatic carbocycles. The predicted molar refractivity (Wildman–Crippen MR) is 132 cm³/mol. The van der Waals surface area contributed by atoms with Crippen molar-refractivity contribution in [2.75, 3.05) is 43.4 Å². The van der Waals surface area contributed by atoms with Crippen molar-refractivity contribution in [3.8, 4) is 5.75 Å². The van der Waals surface area contributed by atoms with Gasteiger partial charge in [0.15, 0.2) is 5.82 Å². The summed E-state index contributed by atoms with van der Waals surface area (Å²) in [5.41, 5.74) is 8.50. The summed E-state index contributed by atoms with van der Waals surface area (Å²) in [6.07, 6.45) is 7.20. The number of hydrogen-bond donors (Lipinski definition) is 2. The van der Waals surface area contributed by atoms with E-state index in [-0.39, 0.29) is 7.53 Å². The molecule has 0 spiro atoms. The van der Waals surface area contributed by atoms with Crippen molar-refractivity contribution in [1.29, 1.82) is 5.41 Å². The van der Waals surface area contributed by atoms with Crippen LogP contribution in [-0.4, -0.2) is 65.4 Å². The Bertz CT molecular complexity index is 1020. The molecule has 2 aliphatic heterocycles. The Morgan fingerprint density at radius 1 is 1.25 bits per heavy atom. The summed E-state index contributed by atoms with van der Waals surface area (Å²) in [6, 6.07) is 7.48. The SMILES string of the molecule is CC(C)Oc1ccc(N)c(C(=N)c2cc(N3CCN(CC4C=CN=CC4)CC3)nn2C)c1.[HH]. The maximum atomic E-state index is 8.79. The van der Waals surface area contributed by atoms with Crippen molar-refractivity contribution in [2.24, 2.45) is 18.0 Å². The van der Waals surface area contributed by atoms with E-state index in [4.69, 9.17) is 21.0 Å². The van der Waals surface area contributed by atoms with E-state index >= 15 is 0 Å². The fourth-order valence-corrected chi connectivity index (χ4v) is 4.21. The van der Waals surface area contributed by atoms with Crippen LogP contribution in [0.4, 0.5) is 11.5 Å². The van der Waals surface area contributed by atoms with Crippen molar-refractivity contribution in [2.45, 2.75) is 26.4 Å². The van der Waals surface area contributed by atoms with Crippen LogP contribution < -0.4 is 15.4 Å². The number of rotatable bonds is 7. The van der Waals surface area contributed by atoms with Crippen molar-refractivity contribution in [3.05, 3.63) is 47.8 Å². The average Bonchev–Trinajstić information content (AvgIpc) is 3.17. The van der Waals surface area contributed by atoms with Gasteiger partial charge in [-0.05, 0) is 44.4 Å². The van der Waals surface area contributed by atoms with E-state index in [9.17, 15) is 0 Å². The van der Waals surface area contributed by atoms with Gasteiger partial charge in [0, 0.05) is 70.9 Å². The summed E-state index contributed by atoms with van der Waals surface area (Å²) in [5.74, 6) is 2.18. The van der Waals surface area contributed by atoms with Crippen molar-refractivity contribution in [1.82, 2.24) is 14.7 Å². The highest BCUT2D eigenvalue weighted by atomic mass is 16.5. The number of nitrogen functional groups attached to an aromatic ring is 1. The lowest BCUT2D eigenvalue weighted by molar-refractivity contribution is 0.235. The van der Waals surface area contributed by atoms with Gasteiger partial charge in [-0.1, -0.05) is 6.08 Å². The minimum absolute atomic E-state index is 0. The van der Waals surface area contributed by atoms with Crippen molar-refractivity contribution in [3.63, 3.8) is 0 Å². The molecule has 8 nitrogen and oxygen atoms in total. The van der Waals surface area contributed by atoms with Crippen LogP contribution in [0, 0.1) is 11.3 Å². The molecule has 1 aromatic heterocycles. The number of aliphatic imine (C=N–C) groups is 1. The van der Waals surface area contributed by atoms with Crippen LogP contribution in [0.1, 0.15) is 33.0 Å². The van der Waals surface area contributed by atoms with Gasteiger partial charge in [0.1, 0.15) is 5.75 Å². The first-order valence-electron chi connectivity index (χ1n) is 11.3. The maximum absolute atomic E-state index is 8.79. The first-order valence-corrected chi connectivity index (χ1v) is 11.3. The molecule has 0 amide bonds. The van der Waals surface area contributed by atoms with Crippen LogP contribution in [0.5, 0.6) is 5.75 Å². The molecule has 4 rings (SSSR count). The number of hydrogen-bond acceptors (Lipinski definition) is 7. The molecule has 1 unspecified atom stereocenters. The zero-order valence-electron chi connectivity index (χ0n) is 19.2. The molecule has 172 valence electrons. The monoisotopic (exact) mass is 437 g/mol. The Morgan fingerprint density at radius 3 is 2.72 bits per heavy atom. The lowest BCUT2D eigenvalue weighted by Gasteiger charge is -2.36. The number of aromatic nitrogens is 2. The molecule has 2 aliphatic rings. The van der Waals surface area contributed by atoms with Crippen LogP contribution in [0.25, 0.3) is 0 Å². The zero-order chi connectivity index (χ0) is 22.7. The van der Waals surface area contributed by atoms with Gasteiger partial charge in [0.2, 0.25) is 0 Å². The fraction of sp³-hybridized carbons (Fsp3) is 0.458. The third-order valence-corrected chi connectivity index (χ3v) is 5.94. The predicted octanol–water partition coefficient (Wildman–Crippen LogP) is 3.18. The molecule has 0 radical (unpaired) electrons. The van der Waals surface area contributed by atoms with Crippen LogP contribution in [-0.2, 0) is 7.05 Å². The number of nitrogens with two attached hydrogens (primary N) is 1. The number of nitrogens with zero attached hydrogens (tertiary/aromatic N) is 5. The quantitative estimate of drug-likeness (QED) is 0.512. The highest BCUT2D eigenvalue weighted by Gasteiger charge is 2.23. The first kappa shape index (κ1) is 22.1. The topological polar surface area (TPSA) is 95.8 Å². The molecule has 0 saturated carbocycles. The van der Waals surface area contributed by atoms with Gasteiger partial charge in [0.25, 0.3) is 0 Å². The van der Waals surface area contributed by atoms with Crippen LogP contribution in [0.2, 0.25) is 0 Å². The molecular weight excluding hydrogens is 402 g/mol. The van der Waals surface area contributed by atoms with E-state index in [1.807, 2.05) is 51.5 Å². The third kappa shape index (κ3) is 5.02. The second-order valence-corrected chi connectivity index (χ2v) is 8.76. The van der Waals surface area contributed by atoms with Crippen LogP contribution in [0.15, 0.2) is 41.5 Å². The molecule has 1 saturated heterocycles. The summed E-state index contributed by atoms with van der Waals surface area (Å²) in [5, 5.41) is 13.5. The smallest absolute Gasteiger partial charge is 0.151 e. The highest BCUT2D eigenvalue weighted by molar-refractivity contribution is 6.13. The molecule has 0 aliphatic carbocycles. The Morgan fingerprint density at radius 2 is 2.03 bits per heavy atom. The molecule has 8 heteroatoms. The van der Waals surface area contributed by atoms with E-state index in [2.05, 4.69) is 20.9 Å². The van der Waals surface area contributed by atoms with Gasteiger partial charge in [-0.25, -0.2) is 0 Å². The minimum atomic E-state index is 0. The maximum Gasteiger partial charge on any atom is 0.151 e. The van der Waals surface area contributed by atoms with Gasteiger partial charge < -0.3 is 15.4 Å². The first-order chi connectivity index (χ1) is 15.4. The van der Waals surface area contributed by atoms with Crippen LogP contribution in [0.3, 0.4) is 0 Å². The molecular formula is C24H35N7O. The van der Waals surface area contributed by atoms with E-state index in [1.54, 1.807) is 10.7 Å². The van der Waals surface area contributed by atoms with Gasteiger partial charge in [-0.3, -0.25) is 20.0 Å². The Hall–Kier alpha value is -3.13. The van der Waals surface area contributed by atoms with Crippen molar-refractivity contribution < 1.29 is 6.16 Å². The van der Waals surface area contributed by atoms with E-state index in [1.165, 1.54) is 0 Å². The van der Waals surface area contributed by atoms with Gasteiger partial charge in [-0.2, -0.15) is 5.10 Å². The number of ether oxygens (including phenoxy) is 1. The minimum Gasteiger partial charge on any atom is -0.491 e. The standard InChI is InChI=1S/C24H33N7O.H2/c1-17(2)32-19-4-5-21(25)20(14-19)24(26)22-15-23(28-29(22)3)31-12-10-30(11-13-31)16-18-6-8-27-9-7-18;/h4-6,8-9,14-15,17-18,26H,7,10-13,16,25H2,1-3H3;1H. The van der Waals surface area contributed by atoms with Gasteiger partial charge in [-0.15, -0.1) is 0 Å². The van der Waals surface area contributed by atoms with Crippen LogP contribution >= 0.6 is 0 Å². The summed E-state index contributed by atoms with van der Waals surface area (Å²) in [7, 11) is 1.88. The largest absolute Gasteiger partial charge is 0.491 e. The molecule has 0 bridgehead atoms. The summed E-state index contributed by atoms with van der Waals surface area (Å²) < 4.78 is 7.56. The molecule has 3 N–H and O–H groups in total. The summed E-state index contributed by atoms with van der Waals surface area (Å²) in [6.45, 7) is 8.90. The summed E-state index contributed by atoms with van der Waals surface area (Å²) in [4.78, 5) is 8.98. The molecule has 3 heterocycles. The number of benzene rings is 1. The van der Waals surface area contributed by atoms with Gasteiger partial charge >= 0.3 is 0 Å². The van der Waals surface area contributed by atoms with E-state index < -0.39 is 0 Å². The van der Waals surface area contributed by atoms with Gasteiger partial charge in [0.05, 0.1) is 17.5 Å². The lowest BCUT2D eigenvalue weighted by atomic mass is 10.0. The number of aryl methyl sites for hydroxylation is 1. The Kier molecular flexibility index (Phi) is 6.60. The average molecular weight is 438 g/mol. The number of nitrogens with one attached hydrogen (secondary N) is 1. The third-order valence-electron chi connectivity index (χ3n) is 5.94. The highest BCUT2D eigenvalue weighted by Crippen LogP contribution is 2.25. The van der Waals surface area contributed by atoms with Crippen molar-refractivity contribution >= 4 is 23.4 Å². The number of piperazine rings is 1. The number of anilines is 2. The lowest BCUT2D eigenvalue weighted by Crippen LogP contribution is -2.48. The second kappa shape index (κ2) is 9.56. The molecule has 1 fully saturated rings. The Balaban J connectivity index is 0.00000306. The van der Waals surface area contributed by atoms with E-state index in [0.717, 1.165) is 50.7 Å². The molecule has 32 heavy (non-hydrogen) atoms. The summed E-state index contributed by atoms with van der Waals surface area (Å²) >= 11 is 0. The molecule has 2 aromatic rings. The van der Waals surface area contributed by atoms with E-state index in [0.29, 0.717) is 28.6 Å².